The molecule has 1 aliphatic rings. The highest BCUT2D eigenvalue weighted by atomic mass is 16.7. The minimum atomic E-state index is -1.16. The Labute approximate surface area is 290 Å². The summed E-state index contributed by atoms with van der Waals surface area (Å²) >= 11 is 0. The smallest absolute Gasteiger partial charge is 0.305 e. The summed E-state index contributed by atoms with van der Waals surface area (Å²) in [5.41, 5.74) is 2.69. The molecule has 0 unspecified atom stereocenters. The zero-order chi connectivity index (χ0) is 36.1. The minimum absolute atomic E-state index is 0.00806. The number of aliphatic hydroxyl groups is 2. The van der Waals surface area contributed by atoms with Crippen molar-refractivity contribution < 1.29 is 38.7 Å². The molecule has 4 N–H and O–H groups in total. The number of fused-ring (bicyclic) bond motifs is 6. The van der Waals surface area contributed by atoms with E-state index in [0.29, 0.717) is 44.4 Å². The first-order valence-corrected chi connectivity index (χ1v) is 15.7. The highest BCUT2D eigenvalue weighted by Crippen LogP contribution is 2.50. The Morgan fingerprint density at radius 1 is 0.471 bits per heavy atom. The fourth-order valence-electron chi connectivity index (χ4n) is 5.88. The number of aliphatic hydroxyl groups excluding tert-OH is 2. The van der Waals surface area contributed by atoms with E-state index in [2.05, 4.69) is 0 Å². The van der Waals surface area contributed by atoms with Gasteiger partial charge in [0, 0.05) is 25.3 Å². The number of rotatable bonds is 2. The maximum Gasteiger partial charge on any atom is 0.305 e. The highest BCUT2D eigenvalue weighted by Gasteiger charge is 2.46. The molecule has 9 rings (SSSR count). The number of para-hydroxylation sites is 2. The molecule has 0 spiro atoms. The lowest BCUT2D eigenvalue weighted by Crippen LogP contribution is -2.36. The number of phenolic OH excluding ortho intramolecular Hbond substituents is 2. The normalized spacial score (nSPS) is 12.3. The quantitative estimate of drug-likeness (QED) is 0.108. The molecule has 0 saturated heterocycles. The molecule has 2 aromatic heterocycles. The van der Waals surface area contributed by atoms with Crippen LogP contribution in [0.1, 0.15) is 11.1 Å². The van der Waals surface area contributed by atoms with Crippen molar-refractivity contribution in [2.24, 2.45) is 0 Å². The van der Waals surface area contributed by atoms with Gasteiger partial charge in [-0.15, -0.1) is 0 Å². The first-order chi connectivity index (χ1) is 24.9. The van der Waals surface area contributed by atoms with Gasteiger partial charge in [0.05, 0.1) is 21.5 Å². The maximum atomic E-state index is 13.0. The lowest BCUT2D eigenvalue weighted by Gasteiger charge is -2.28. The summed E-state index contributed by atoms with van der Waals surface area (Å²) in [7, 11) is 2.00. The van der Waals surface area contributed by atoms with Crippen molar-refractivity contribution in [1.29, 1.82) is 0 Å². The highest BCUT2D eigenvalue weighted by molar-refractivity contribution is 5.95. The second kappa shape index (κ2) is 14.5. The largest absolute Gasteiger partial charge is 0.504 e. The van der Waals surface area contributed by atoms with E-state index in [1.54, 1.807) is 48.5 Å². The summed E-state index contributed by atoms with van der Waals surface area (Å²) in [6.07, 6.45) is 0. The third-order valence-corrected chi connectivity index (χ3v) is 8.17. The van der Waals surface area contributed by atoms with Gasteiger partial charge < -0.3 is 38.7 Å². The molecule has 51 heavy (non-hydrogen) atoms. The van der Waals surface area contributed by atoms with Crippen molar-refractivity contribution in [1.82, 2.24) is 0 Å². The van der Waals surface area contributed by atoms with Crippen LogP contribution in [0.5, 0.6) is 23.0 Å². The molecule has 0 fully saturated rings. The molecular weight excluding hydrogens is 652 g/mol. The molecule has 0 saturated carbocycles. The predicted molar refractivity (Wildman–Crippen MR) is 195 cm³/mol. The van der Waals surface area contributed by atoms with Gasteiger partial charge in [-0.25, -0.2) is 0 Å². The van der Waals surface area contributed by atoms with Gasteiger partial charge in [-0.05, 0) is 48.5 Å². The molecule has 0 amide bonds. The molecular formula is C41H32O10. The van der Waals surface area contributed by atoms with Crippen LogP contribution in [-0.4, -0.2) is 34.6 Å². The van der Waals surface area contributed by atoms with E-state index in [1.165, 1.54) is 12.1 Å². The topological polar surface area (TPSA) is 160 Å². The Morgan fingerprint density at radius 3 is 1.47 bits per heavy atom. The zero-order valence-electron chi connectivity index (χ0n) is 27.4. The molecule has 3 heterocycles. The van der Waals surface area contributed by atoms with E-state index in [1.807, 2.05) is 72.8 Å². The Bertz CT molecular complexity index is 2550. The number of hydrogen-bond donors (Lipinski definition) is 4. The van der Waals surface area contributed by atoms with Gasteiger partial charge in [-0.1, -0.05) is 84.9 Å². The summed E-state index contributed by atoms with van der Waals surface area (Å²) in [5.74, 6) is -0.915. The first kappa shape index (κ1) is 34.3. The fourth-order valence-corrected chi connectivity index (χ4v) is 5.88. The Hall–Kier alpha value is -6.62. The standard InChI is InChI=1S/C26H16O4.C13H8O4.2CH4O/c27-23-19-13-7-8-14-21(19)28-24-20(23)15-16-22-25(24)30-26(29-22,17-9-3-1-4-10-17)18-11-5-2-6-12-18;14-9-6-5-8-11(15)7-3-1-2-4-10(7)17-13(8)12(9)16;2*1-2/h1-16H;1-6,14,16H;2*2H,1H3. The van der Waals surface area contributed by atoms with Crippen molar-refractivity contribution in [2.45, 2.75) is 5.79 Å². The molecule has 10 heteroatoms. The molecule has 0 aliphatic carbocycles. The average Bonchev–Trinajstić information content (AvgIpc) is 3.61. The lowest BCUT2D eigenvalue weighted by atomic mass is 9.97. The maximum absolute atomic E-state index is 13.0. The summed E-state index contributed by atoms with van der Waals surface area (Å²) in [4.78, 5) is 25.1. The second-order valence-electron chi connectivity index (χ2n) is 11.0. The Morgan fingerprint density at radius 2 is 0.922 bits per heavy atom. The Balaban J connectivity index is 0.000000181. The molecule has 8 aromatic rings. The number of benzene rings is 6. The van der Waals surface area contributed by atoms with Crippen molar-refractivity contribution in [3.05, 3.63) is 165 Å². The van der Waals surface area contributed by atoms with Crippen molar-refractivity contribution in [2.75, 3.05) is 14.2 Å². The lowest BCUT2D eigenvalue weighted by molar-refractivity contribution is -0.0456. The number of hydrogen-bond acceptors (Lipinski definition) is 10. The molecule has 6 aromatic carbocycles. The number of ether oxygens (including phenoxy) is 2. The third-order valence-electron chi connectivity index (χ3n) is 8.17. The zero-order valence-corrected chi connectivity index (χ0v) is 27.4. The van der Waals surface area contributed by atoms with Gasteiger partial charge in [0.2, 0.25) is 22.4 Å². The minimum Gasteiger partial charge on any atom is -0.504 e. The number of aromatic hydroxyl groups is 2. The van der Waals surface area contributed by atoms with Crippen LogP contribution in [-0.2, 0) is 5.79 Å². The predicted octanol–water partition coefficient (Wildman–Crippen LogP) is 7.19. The van der Waals surface area contributed by atoms with Gasteiger partial charge in [-0.3, -0.25) is 9.59 Å². The van der Waals surface area contributed by atoms with E-state index < -0.39 is 11.5 Å². The van der Waals surface area contributed by atoms with Crippen LogP contribution in [0.25, 0.3) is 43.9 Å². The van der Waals surface area contributed by atoms with Gasteiger partial charge >= 0.3 is 5.79 Å². The van der Waals surface area contributed by atoms with E-state index in [9.17, 15) is 19.8 Å². The van der Waals surface area contributed by atoms with Gasteiger partial charge in [0.1, 0.15) is 11.2 Å². The average molecular weight is 685 g/mol. The summed E-state index contributed by atoms with van der Waals surface area (Å²) in [5, 5.41) is 34.7. The van der Waals surface area contributed by atoms with E-state index >= 15 is 0 Å². The van der Waals surface area contributed by atoms with Crippen LogP contribution in [0.2, 0.25) is 0 Å². The van der Waals surface area contributed by atoms with Crippen LogP contribution >= 0.6 is 0 Å². The van der Waals surface area contributed by atoms with Crippen LogP contribution in [0.3, 0.4) is 0 Å². The fraction of sp³-hybridized carbons (Fsp3) is 0.0732. The first-order valence-electron chi connectivity index (χ1n) is 15.7. The monoisotopic (exact) mass is 684 g/mol. The van der Waals surface area contributed by atoms with Crippen LogP contribution in [0, 0.1) is 0 Å². The third kappa shape index (κ3) is 5.99. The molecule has 0 atom stereocenters. The number of phenols is 2. The molecule has 1 aliphatic heterocycles. The van der Waals surface area contributed by atoms with E-state index in [4.69, 9.17) is 28.5 Å². The van der Waals surface area contributed by atoms with E-state index in [-0.39, 0.29) is 27.6 Å². The van der Waals surface area contributed by atoms with Gasteiger partial charge in [0.25, 0.3) is 0 Å². The van der Waals surface area contributed by atoms with Crippen LogP contribution < -0.4 is 20.3 Å². The van der Waals surface area contributed by atoms with Gasteiger partial charge in [0.15, 0.2) is 22.7 Å². The van der Waals surface area contributed by atoms with Gasteiger partial charge in [-0.2, -0.15) is 0 Å². The molecule has 0 bridgehead atoms. The second-order valence-corrected chi connectivity index (χ2v) is 11.0. The van der Waals surface area contributed by atoms with Crippen LogP contribution in [0.15, 0.2) is 152 Å². The molecule has 0 radical (unpaired) electrons. The van der Waals surface area contributed by atoms with Crippen LogP contribution in [0.4, 0.5) is 0 Å². The van der Waals surface area contributed by atoms with Crippen molar-refractivity contribution in [3.8, 4) is 23.0 Å². The summed E-state index contributed by atoms with van der Waals surface area (Å²) in [6, 6.07) is 39.7. The van der Waals surface area contributed by atoms with Crippen molar-refractivity contribution in [3.63, 3.8) is 0 Å². The van der Waals surface area contributed by atoms with E-state index in [0.717, 1.165) is 25.3 Å². The Kier molecular flexibility index (Phi) is 9.72. The van der Waals surface area contributed by atoms with Crippen molar-refractivity contribution >= 4 is 43.9 Å². The molecule has 256 valence electrons. The molecule has 10 nitrogen and oxygen atoms in total. The summed E-state index contributed by atoms with van der Waals surface area (Å²) < 4.78 is 24.5. The summed E-state index contributed by atoms with van der Waals surface area (Å²) in [6.45, 7) is 0. The SMILES string of the molecule is CO.CO.O=c1c2ccccc2oc2c(O)c(O)ccc12.O=c1c2ccccc2oc2c3c(ccc12)OC(c1ccccc1)(c1ccccc1)O3.